The third-order valence-electron chi connectivity index (χ3n) is 4.62. The van der Waals surface area contributed by atoms with Crippen LogP contribution in [0.5, 0.6) is 5.75 Å². The van der Waals surface area contributed by atoms with Gasteiger partial charge in [-0.1, -0.05) is 66.2 Å². The highest BCUT2D eigenvalue weighted by molar-refractivity contribution is 6.30. The van der Waals surface area contributed by atoms with E-state index in [1.807, 2.05) is 72.8 Å². The number of hydrogen-bond acceptors (Lipinski definition) is 6. The zero-order chi connectivity index (χ0) is 23.0. The molecule has 0 aliphatic carbocycles. The standard InChI is InChI=1S/C25H18ClN5O2/c26-20-10-4-7-18(12-20)16-33-21-11-5-6-17(13-21)15-28-31-25-29-23(19-8-2-1-3-9-19)22(14-27)24(32)30-25/h1-13,15H,16H2,(H2,29,30,31,32). The van der Waals surface area contributed by atoms with Gasteiger partial charge in [0, 0.05) is 10.6 Å². The van der Waals surface area contributed by atoms with E-state index in [0.717, 1.165) is 11.1 Å². The molecule has 0 unspecified atom stereocenters. The number of aromatic nitrogens is 2. The van der Waals surface area contributed by atoms with Gasteiger partial charge in [-0.3, -0.25) is 9.78 Å². The molecule has 1 heterocycles. The number of nitrogens with one attached hydrogen (secondary N) is 2. The van der Waals surface area contributed by atoms with Gasteiger partial charge >= 0.3 is 0 Å². The minimum absolute atomic E-state index is 0.0553. The largest absolute Gasteiger partial charge is 0.489 e. The summed E-state index contributed by atoms with van der Waals surface area (Å²) in [6.07, 6.45) is 1.58. The molecule has 4 aromatic rings. The molecule has 8 heteroatoms. The van der Waals surface area contributed by atoms with Crippen molar-refractivity contribution in [1.82, 2.24) is 9.97 Å². The number of benzene rings is 3. The molecular formula is C25H18ClN5O2. The minimum atomic E-state index is -0.541. The van der Waals surface area contributed by atoms with Gasteiger partial charge < -0.3 is 4.74 Å². The highest BCUT2D eigenvalue weighted by Gasteiger charge is 2.12. The topological polar surface area (TPSA) is 103 Å². The Bertz CT molecular complexity index is 1390. The van der Waals surface area contributed by atoms with Crippen molar-refractivity contribution >= 4 is 23.8 Å². The lowest BCUT2D eigenvalue weighted by molar-refractivity contribution is 0.306. The van der Waals surface area contributed by atoms with E-state index in [1.54, 1.807) is 18.3 Å². The Morgan fingerprint density at radius 1 is 1.09 bits per heavy atom. The molecule has 0 bridgehead atoms. The molecule has 0 aliphatic heterocycles. The first-order valence-corrected chi connectivity index (χ1v) is 10.4. The average molecular weight is 456 g/mol. The number of nitrogens with zero attached hydrogens (tertiary/aromatic N) is 3. The molecule has 3 aromatic carbocycles. The summed E-state index contributed by atoms with van der Waals surface area (Å²) in [4.78, 5) is 19.2. The van der Waals surface area contributed by atoms with Crippen molar-refractivity contribution in [3.63, 3.8) is 0 Å². The Morgan fingerprint density at radius 2 is 1.91 bits per heavy atom. The summed E-state index contributed by atoms with van der Waals surface area (Å²) in [6, 6.07) is 25.8. The molecule has 1 aromatic heterocycles. The second-order valence-electron chi connectivity index (χ2n) is 6.98. The Morgan fingerprint density at radius 3 is 2.70 bits per heavy atom. The van der Waals surface area contributed by atoms with Crippen molar-refractivity contribution < 1.29 is 4.74 Å². The van der Waals surface area contributed by atoms with Crippen molar-refractivity contribution in [3.05, 3.63) is 111 Å². The summed E-state index contributed by atoms with van der Waals surface area (Å²) in [5, 5.41) is 14.2. The van der Waals surface area contributed by atoms with Crippen LogP contribution in [-0.4, -0.2) is 16.2 Å². The van der Waals surface area contributed by atoms with E-state index in [1.165, 1.54) is 0 Å². The number of ether oxygens (including phenoxy) is 1. The molecule has 33 heavy (non-hydrogen) atoms. The maximum Gasteiger partial charge on any atom is 0.270 e. The molecule has 0 radical (unpaired) electrons. The van der Waals surface area contributed by atoms with E-state index in [2.05, 4.69) is 20.5 Å². The van der Waals surface area contributed by atoms with E-state index in [-0.39, 0.29) is 17.2 Å². The molecule has 0 aliphatic rings. The lowest BCUT2D eigenvalue weighted by Gasteiger charge is -2.07. The summed E-state index contributed by atoms with van der Waals surface area (Å²) in [5.41, 5.74) is 4.82. The van der Waals surface area contributed by atoms with E-state index in [9.17, 15) is 10.1 Å². The van der Waals surface area contributed by atoms with Crippen LogP contribution in [-0.2, 0) is 6.61 Å². The highest BCUT2D eigenvalue weighted by atomic mass is 35.5. The van der Waals surface area contributed by atoms with Crippen LogP contribution in [0.1, 0.15) is 16.7 Å². The van der Waals surface area contributed by atoms with Crippen LogP contribution in [0.2, 0.25) is 5.02 Å². The molecule has 4 rings (SSSR count). The van der Waals surface area contributed by atoms with Crippen LogP contribution < -0.4 is 15.7 Å². The molecule has 0 spiro atoms. The fraction of sp³-hybridized carbons (Fsp3) is 0.0400. The van der Waals surface area contributed by atoms with Crippen molar-refractivity contribution in [2.45, 2.75) is 6.61 Å². The van der Waals surface area contributed by atoms with Crippen LogP contribution in [0, 0.1) is 11.3 Å². The van der Waals surface area contributed by atoms with E-state index >= 15 is 0 Å². The molecule has 2 N–H and O–H groups in total. The summed E-state index contributed by atoms with van der Waals surface area (Å²) in [5.74, 6) is 0.803. The Balaban J connectivity index is 1.47. The van der Waals surface area contributed by atoms with Gasteiger partial charge in [0.25, 0.3) is 5.56 Å². The summed E-state index contributed by atoms with van der Waals surface area (Å²) in [6.45, 7) is 0.387. The average Bonchev–Trinajstić information content (AvgIpc) is 2.83. The Hall–Kier alpha value is -4.41. The Kier molecular flexibility index (Phi) is 6.78. The van der Waals surface area contributed by atoms with E-state index < -0.39 is 5.56 Å². The maximum atomic E-state index is 12.3. The number of hydrazone groups is 1. The maximum absolute atomic E-state index is 12.3. The van der Waals surface area contributed by atoms with Crippen molar-refractivity contribution in [1.29, 1.82) is 5.26 Å². The van der Waals surface area contributed by atoms with Gasteiger partial charge in [0.05, 0.1) is 11.9 Å². The lowest BCUT2D eigenvalue weighted by Crippen LogP contribution is -2.16. The lowest BCUT2D eigenvalue weighted by atomic mass is 10.1. The smallest absolute Gasteiger partial charge is 0.270 e. The van der Waals surface area contributed by atoms with E-state index in [4.69, 9.17) is 16.3 Å². The minimum Gasteiger partial charge on any atom is -0.489 e. The van der Waals surface area contributed by atoms with E-state index in [0.29, 0.717) is 22.9 Å². The number of rotatable bonds is 7. The van der Waals surface area contributed by atoms with Gasteiger partial charge in [-0.25, -0.2) is 10.4 Å². The summed E-state index contributed by atoms with van der Waals surface area (Å²) < 4.78 is 5.83. The van der Waals surface area contributed by atoms with Gasteiger partial charge in [-0.05, 0) is 35.4 Å². The molecule has 0 fully saturated rings. The molecule has 0 amide bonds. The first kappa shape index (κ1) is 21.8. The highest BCUT2D eigenvalue weighted by Crippen LogP contribution is 2.20. The first-order valence-electron chi connectivity index (χ1n) is 9.98. The molecule has 162 valence electrons. The number of nitriles is 1. The number of aromatic amines is 1. The fourth-order valence-electron chi connectivity index (χ4n) is 3.08. The second-order valence-corrected chi connectivity index (χ2v) is 7.41. The fourth-order valence-corrected chi connectivity index (χ4v) is 3.29. The number of anilines is 1. The zero-order valence-corrected chi connectivity index (χ0v) is 18.1. The van der Waals surface area contributed by atoms with Crippen molar-refractivity contribution in [2.24, 2.45) is 5.10 Å². The molecule has 7 nitrogen and oxygen atoms in total. The van der Waals surface area contributed by atoms with Gasteiger partial charge in [-0.2, -0.15) is 10.4 Å². The monoisotopic (exact) mass is 455 g/mol. The normalized spacial score (nSPS) is 10.7. The van der Waals surface area contributed by atoms with Crippen LogP contribution >= 0.6 is 11.6 Å². The van der Waals surface area contributed by atoms with Crippen LogP contribution in [0.25, 0.3) is 11.3 Å². The molecule has 0 saturated carbocycles. The first-order chi connectivity index (χ1) is 16.1. The van der Waals surface area contributed by atoms with Crippen molar-refractivity contribution in [3.8, 4) is 23.1 Å². The van der Waals surface area contributed by atoms with Gasteiger partial charge in [0.15, 0.2) is 0 Å². The summed E-state index contributed by atoms with van der Waals surface area (Å²) in [7, 11) is 0. The van der Waals surface area contributed by atoms with Crippen LogP contribution in [0.3, 0.4) is 0 Å². The second kappa shape index (κ2) is 10.3. The number of halogens is 1. The molecule has 0 saturated heterocycles. The Labute approximate surface area is 195 Å². The van der Waals surface area contributed by atoms with Gasteiger partial charge in [-0.15, -0.1) is 0 Å². The van der Waals surface area contributed by atoms with Crippen molar-refractivity contribution in [2.75, 3.05) is 5.43 Å². The number of hydrogen-bond donors (Lipinski definition) is 2. The molecule has 0 atom stereocenters. The van der Waals surface area contributed by atoms with Gasteiger partial charge in [0.2, 0.25) is 5.95 Å². The third-order valence-corrected chi connectivity index (χ3v) is 4.85. The zero-order valence-electron chi connectivity index (χ0n) is 17.3. The predicted molar refractivity (Wildman–Crippen MR) is 128 cm³/mol. The summed E-state index contributed by atoms with van der Waals surface area (Å²) >= 11 is 6.01. The third kappa shape index (κ3) is 5.64. The SMILES string of the molecule is N#Cc1c(-c2ccccc2)nc(NN=Cc2cccc(OCc3cccc(Cl)c3)c2)[nH]c1=O. The quantitative estimate of drug-likeness (QED) is 0.302. The number of H-pyrrole nitrogens is 1. The van der Waals surface area contributed by atoms with Gasteiger partial charge in [0.1, 0.15) is 24.0 Å². The predicted octanol–water partition coefficient (Wildman–Crippen LogP) is 4.99. The van der Waals surface area contributed by atoms with Crippen LogP contribution in [0.15, 0.2) is 88.8 Å². The van der Waals surface area contributed by atoms with Crippen LogP contribution in [0.4, 0.5) is 5.95 Å². The molecular weight excluding hydrogens is 438 g/mol.